The first-order valence-electron chi connectivity index (χ1n) is 5.06. The van der Waals surface area contributed by atoms with E-state index in [9.17, 15) is 16.8 Å². The van der Waals surface area contributed by atoms with Gasteiger partial charge in [-0.1, -0.05) is 12.2 Å². The van der Waals surface area contributed by atoms with E-state index in [-0.39, 0.29) is 30.9 Å². The molecule has 1 saturated heterocycles. The Morgan fingerprint density at radius 1 is 1.38 bits per heavy atom. The molecule has 0 bridgehead atoms. The van der Waals surface area contributed by atoms with E-state index in [4.69, 9.17) is 0 Å². The minimum absolute atomic E-state index is 0.0361. The molecule has 0 aliphatic carbocycles. The molecule has 0 aromatic carbocycles. The molecule has 1 N–H and O–H groups in total. The first-order valence-corrected chi connectivity index (χ1v) is 8.43. The minimum Gasteiger partial charge on any atom is -0.229 e. The molecule has 94 valence electrons. The van der Waals surface area contributed by atoms with Crippen LogP contribution in [-0.4, -0.2) is 40.1 Å². The van der Waals surface area contributed by atoms with Crippen molar-refractivity contribution in [2.45, 2.75) is 25.0 Å². The molecule has 1 heterocycles. The van der Waals surface area contributed by atoms with Gasteiger partial charge in [0.05, 0.1) is 16.8 Å². The van der Waals surface area contributed by atoms with Gasteiger partial charge in [-0.3, -0.25) is 0 Å². The van der Waals surface area contributed by atoms with Crippen LogP contribution >= 0.6 is 0 Å². The van der Waals surface area contributed by atoms with Crippen LogP contribution in [0.5, 0.6) is 0 Å². The van der Waals surface area contributed by atoms with Gasteiger partial charge in [0.2, 0.25) is 10.0 Å². The summed E-state index contributed by atoms with van der Waals surface area (Å²) in [7, 11) is -6.42. The molecule has 0 unspecified atom stereocenters. The highest BCUT2D eigenvalue weighted by Gasteiger charge is 2.32. The number of nitrogens with one attached hydrogen (secondary N) is 1. The summed E-state index contributed by atoms with van der Waals surface area (Å²) < 4.78 is 48.3. The summed E-state index contributed by atoms with van der Waals surface area (Å²) in [5.74, 6) is -0.0721. The molecular weight excluding hydrogens is 250 g/mol. The lowest BCUT2D eigenvalue weighted by Gasteiger charge is -2.22. The van der Waals surface area contributed by atoms with E-state index in [0.29, 0.717) is 0 Å². The highest BCUT2D eigenvalue weighted by molar-refractivity contribution is 7.92. The fraction of sp³-hybridized carbons (Fsp3) is 0.778. The van der Waals surface area contributed by atoms with Gasteiger partial charge < -0.3 is 0 Å². The number of hydrogen-bond donors (Lipinski definition) is 1. The third-order valence-electron chi connectivity index (χ3n) is 2.52. The molecule has 0 spiro atoms. The lowest BCUT2D eigenvalue weighted by Crippen LogP contribution is -2.40. The van der Waals surface area contributed by atoms with Crippen LogP contribution in [0, 0.1) is 0 Å². The van der Waals surface area contributed by atoms with Crippen molar-refractivity contribution >= 4 is 19.9 Å². The van der Waals surface area contributed by atoms with Crippen molar-refractivity contribution in [3.63, 3.8) is 0 Å². The SMILES string of the molecule is C=C(C)CNS(=O)(=O)C1CCS(=O)(=O)CC1. The molecule has 16 heavy (non-hydrogen) atoms. The number of rotatable bonds is 4. The lowest BCUT2D eigenvalue weighted by molar-refractivity contribution is 0.544. The second-order valence-corrected chi connectivity index (χ2v) is 8.52. The monoisotopic (exact) mass is 267 g/mol. The predicted octanol–water partition coefficient (Wildman–Crippen LogP) is 0.0591. The van der Waals surface area contributed by atoms with Gasteiger partial charge in [-0.05, 0) is 19.8 Å². The van der Waals surface area contributed by atoms with Gasteiger partial charge in [-0.2, -0.15) is 0 Å². The first kappa shape index (κ1) is 13.7. The van der Waals surface area contributed by atoms with Crippen LogP contribution in [-0.2, 0) is 19.9 Å². The summed E-state index contributed by atoms with van der Waals surface area (Å²) in [5, 5.41) is -0.588. The molecule has 0 amide bonds. The van der Waals surface area contributed by atoms with Crippen LogP contribution in [0.3, 0.4) is 0 Å². The standard InChI is InChI=1S/C9H17NO4S2/c1-8(2)7-10-16(13,14)9-3-5-15(11,12)6-4-9/h9-10H,1,3-7H2,2H3. The van der Waals surface area contributed by atoms with E-state index in [1.54, 1.807) is 6.92 Å². The zero-order chi connectivity index (χ0) is 12.4. The zero-order valence-corrected chi connectivity index (χ0v) is 10.9. The molecule has 0 radical (unpaired) electrons. The topological polar surface area (TPSA) is 80.3 Å². The van der Waals surface area contributed by atoms with Gasteiger partial charge in [0, 0.05) is 6.54 Å². The van der Waals surface area contributed by atoms with Crippen molar-refractivity contribution in [1.82, 2.24) is 4.72 Å². The first-order chi connectivity index (χ1) is 7.23. The van der Waals surface area contributed by atoms with Gasteiger partial charge in [-0.15, -0.1) is 0 Å². The molecular formula is C9H17NO4S2. The smallest absolute Gasteiger partial charge is 0.214 e. The van der Waals surface area contributed by atoms with Gasteiger partial charge in [-0.25, -0.2) is 21.6 Å². The third kappa shape index (κ3) is 3.88. The van der Waals surface area contributed by atoms with Crippen LogP contribution in [0.2, 0.25) is 0 Å². The molecule has 1 aliphatic rings. The third-order valence-corrected chi connectivity index (χ3v) is 6.13. The van der Waals surface area contributed by atoms with Gasteiger partial charge in [0.25, 0.3) is 0 Å². The predicted molar refractivity (Wildman–Crippen MR) is 63.4 cm³/mol. The van der Waals surface area contributed by atoms with Crippen molar-refractivity contribution in [2.75, 3.05) is 18.1 Å². The maximum Gasteiger partial charge on any atom is 0.214 e. The summed E-state index contributed by atoms with van der Waals surface area (Å²) in [6, 6.07) is 0. The van der Waals surface area contributed by atoms with E-state index in [0.717, 1.165) is 5.57 Å². The van der Waals surface area contributed by atoms with Crippen molar-refractivity contribution in [3.8, 4) is 0 Å². The van der Waals surface area contributed by atoms with Crippen LogP contribution in [0.25, 0.3) is 0 Å². The fourth-order valence-corrected chi connectivity index (χ4v) is 4.85. The molecule has 1 fully saturated rings. The minimum atomic E-state index is -3.40. The van der Waals surface area contributed by atoms with Crippen LogP contribution < -0.4 is 4.72 Å². The molecule has 0 aromatic heterocycles. The van der Waals surface area contributed by atoms with Crippen molar-refractivity contribution in [2.24, 2.45) is 0 Å². The summed E-state index contributed by atoms with van der Waals surface area (Å²) in [5.41, 5.74) is 0.729. The summed E-state index contributed by atoms with van der Waals surface area (Å²) in [6.07, 6.45) is 0.377. The number of sulfone groups is 1. The Morgan fingerprint density at radius 2 is 1.88 bits per heavy atom. The van der Waals surface area contributed by atoms with Crippen LogP contribution in [0.15, 0.2) is 12.2 Å². The molecule has 0 atom stereocenters. The van der Waals surface area contributed by atoms with Gasteiger partial charge in [0.1, 0.15) is 9.84 Å². The molecule has 0 aromatic rings. The average molecular weight is 267 g/mol. The Morgan fingerprint density at radius 3 is 2.31 bits per heavy atom. The maximum absolute atomic E-state index is 11.8. The number of sulfonamides is 1. The van der Waals surface area contributed by atoms with Crippen molar-refractivity contribution < 1.29 is 16.8 Å². The van der Waals surface area contributed by atoms with Gasteiger partial charge >= 0.3 is 0 Å². The maximum atomic E-state index is 11.8. The van der Waals surface area contributed by atoms with E-state index in [2.05, 4.69) is 11.3 Å². The van der Waals surface area contributed by atoms with E-state index < -0.39 is 25.1 Å². The Bertz CT molecular complexity index is 450. The second-order valence-electron chi connectivity index (χ2n) is 4.17. The zero-order valence-electron chi connectivity index (χ0n) is 9.27. The molecule has 5 nitrogen and oxygen atoms in total. The summed E-state index contributed by atoms with van der Waals surface area (Å²) in [6.45, 7) is 5.55. The van der Waals surface area contributed by atoms with E-state index in [1.807, 2.05) is 0 Å². The Balaban J connectivity index is 2.62. The largest absolute Gasteiger partial charge is 0.229 e. The molecule has 1 aliphatic heterocycles. The summed E-state index contributed by atoms with van der Waals surface area (Å²) in [4.78, 5) is 0. The van der Waals surface area contributed by atoms with E-state index in [1.165, 1.54) is 0 Å². The Labute approximate surface area is 96.9 Å². The normalized spacial score (nSPS) is 21.8. The molecule has 0 saturated carbocycles. The highest BCUT2D eigenvalue weighted by atomic mass is 32.2. The molecule has 1 rings (SSSR count). The Kier molecular flexibility index (Phi) is 4.14. The Hall–Kier alpha value is -0.400. The average Bonchev–Trinajstić information content (AvgIpc) is 2.14. The second kappa shape index (κ2) is 4.85. The van der Waals surface area contributed by atoms with Crippen LogP contribution in [0.4, 0.5) is 0 Å². The van der Waals surface area contributed by atoms with Crippen LogP contribution in [0.1, 0.15) is 19.8 Å². The van der Waals surface area contributed by atoms with Gasteiger partial charge in [0.15, 0.2) is 0 Å². The van der Waals surface area contributed by atoms with E-state index >= 15 is 0 Å². The van der Waals surface area contributed by atoms with Crippen molar-refractivity contribution in [3.05, 3.63) is 12.2 Å². The fourth-order valence-electron chi connectivity index (χ4n) is 1.52. The van der Waals surface area contributed by atoms with Crippen molar-refractivity contribution in [1.29, 1.82) is 0 Å². The lowest BCUT2D eigenvalue weighted by atomic mass is 10.2. The highest BCUT2D eigenvalue weighted by Crippen LogP contribution is 2.18. The number of hydrogen-bond acceptors (Lipinski definition) is 4. The summed E-state index contributed by atoms with van der Waals surface area (Å²) >= 11 is 0. The quantitative estimate of drug-likeness (QED) is 0.730. The molecule has 7 heteroatoms.